The summed E-state index contributed by atoms with van der Waals surface area (Å²) in [7, 11) is 1.79. The molecule has 3 nitrogen and oxygen atoms in total. The lowest BCUT2D eigenvalue weighted by molar-refractivity contribution is 0.443. The minimum Gasteiger partial charge on any atom is -0.397 e. The Kier molecular flexibility index (Phi) is 1.97. The van der Waals surface area contributed by atoms with Crippen molar-refractivity contribution < 1.29 is 0 Å². The molecule has 0 heterocycles. The van der Waals surface area contributed by atoms with E-state index in [1.807, 2.05) is 6.08 Å². The maximum Gasteiger partial charge on any atom is 0.0700 e. The molecule has 0 atom stereocenters. The van der Waals surface area contributed by atoms with Gasteiger partial charge in [0, 0.05) is 7.05 Å². The number of likely N-dealkylation sites (N-methyl/N-ethyl adjacent to an activating group) is 1. The molecule has 0 aromatic carbocycles. The van der Waals surface area contributed by atoms with Crippen LogP contribution < -0.4 is 11.6 Å². The topological polar surface area (TPSA) is 55.3 Å². The van der Waals surface area contributed by atoms with Gasteiger partial charge < -0.3 is 10.7 Å². The van der Waals surface area contributed by atoms with Crippen molar-refractivity contribution in [3.8, 4) is 0 Å². The molecule has 1 aliphatic rings. The molecule has 0 unspecified atom stereocenters. The quantitative estimate of drug-likeness (QED) is 0.406. The highest BCUT2D eigenvalue weighted by Crippen LogP contribution is 2.14. The Morgan fingerprint density at radius 3 is 2.40 bits per heavy atom. The molecule has 0 aliphatic heterocycles. The molecule has 0 bridgehead atoms. The number of nitrogens with zero attached hydrogens (tertiary/aromatic N) is 1. The van der Waals surface area contributed by atoms with E-state index in [2.05, 4.69) is 6.08 Å². The molecule has 1 aliphatic carbocycles. The van der Waals surface area contributed by atoms with E-state index in [1.54, 1.807) is 12.1 Å². The summed E-state index contributed by atoms with van der Waals surface area (Å²) in [6, 6.07) is 0. The van der Waals surface area contributed by atoms with E-state index in [4.69, 9.17) is 11.6 Å². The Balaban J connectivity index is 2.74. The Bertz CT molecular complexity index is 179. The Labute approximate surface area is 61.0 Å². The standard InChI is InChI=1S/C7H13N3/c1-10(9)7-5-3-2-4-6(7)8/h4-5H,2-3,8-9H2,1H3. The summed E-state index contributed by atoms with van der Waals surface area (Å²) in [5.41, 5.74) is 7.38. The largest absolute Gasteiger partial charge is 0.397 e. The van der Waals surface area contributed by atoms with E-state index in [-0.39, 0.29) is 0 Å². The summed E-state index contributed by atoms with van der Waals surface area (Å²) < 4.78 is 0. The number of hydrogen-bond acceptors (Lipinski definition) is 3. The van der Waals surface area contributed by atoms with Gasteiger partial charge in [-0.15, -0.1) is 0 Å². The molecule has 1 rings (SSSR count). The predicted molar refractivity (Wildman–Crippen MR) is 41.5 cm³/mol. The monoisotopic (exact) mass is 139 g/mol. The molecule has 10 heavy (non-hydrogen) atoms. The van der Waals surface area contributed by atoms with Crippen LogP contribution in [0.5, 0.6) is 0 Å². The van der Waals surface area contributed by atoms with Gasteiger partial charge in [0.05, 0.1) is 11.4 Å². The van der Waals surface area contributed by atoms with Crippen molar-refractivity contribution in [3.63, 3.8) is 0 Å². The normalized spacial score (nSPS) is 17.8. The summed E-state index contributed by atoms with van der Waals surface area (Å²) >= 11 is 0. The first kappa shape index (κ1) is 7.15. The van der Waals surface area contributed by atoms with Gasteiger partial charge in [-0.1, -0.05) is 12.2 Å². The van der Waals surface area contributed by atoms with Gasteiger partial charge in [-0.25, -0.2) is 5.84 Å². The third-order valence-corrected chi connectivity index (χ3v) is 1.54. The van der Waals surface area contributed by atoms with Crippen LogP contribution in [0.2, 0.25) is 0 Å². The highest BCUT2D eigenvalue weighted by atomic mass is 15.4. The predicted octanol–water partition coefficient (Wildman–Crippen LogP) is 0.312. The van der Waals surface area contributed by atoms with E-state index >= 15 is 0 Å². The first-order valence-electron chi connectivity index (χ1n) is 3.36. The zero-order valence-electron chi connectivity index (χ0n) is 6.17. The zero-order chi connectivity index (χ0) is 7.56. The third kappa shape index (κ3) is 1.30. The van der Waals surface area contributed by atoms with Crippen molar-refractivity contribution in [1.82, 2.24) is 5.01 Å². The highest BCUT2D eigenvalue weighted by Gasteiger charge is 2.05. The van der Waals surface area contributed by atoms with Crippen molar-refractivity contribution in [1.29, 1.82) is 0 Å². The second-order valence-electron chi connectivity index (χ2n) is 2.44. The summed E-state index contributed by atoms with van der Waals surface area (Å²) in [5.74, 6) is 5.50. The lowest BCUT2D eigenvalue weighted by Crippen LogP contribution is -2.29. The molecule has 0 saturated carbocycles. The van der Waals surface area contributed by atoms with Crippen LogP contribution in [0, 0.1) is 0 Å². The van der Waals surface area contributed by atoms with Crippen LogP contribution in [0.25, 0.3) is 0 Å². The lowest BCUT2D eigenvalue weighted by atomic mass is 10.1. The molecule has 3 heteroatoms. The molecule has 56 valence electrons. The summed E-state index contributed by atoms with van der Waals surface area (Å²) in [6.45, 7) is 0. The number of rotatable bonds is 1. The average Bonchev–Trinajstić information content (AvgIpc) is 1.88. The van der Waals surface area contributed by atoms with Crippen LogP contribution in [-0.2, 0) is 0 Å². The van der Waals surface area contributed by atoms with E-state index in [0.717, 1.165) is 24.2 Å². The van der Waals surface area contributed by atoms with Crippen molar-refractivity contribution in [2.24, 2.45) is 11.6 Å². The van der Waals surface area contributed by atoms with Crippen molar-refractivity contribution >= 4 is 0 Å². The molecule has 0 fully saturated rings. The van der Waals surface area contributed by atoms with Gasteiger partial charge in [0.25, 0.3) is 0 Å². The molecule has 0 aromatic rings. The fourth-order valence-corrected chi connectivity index (χ4v) is 1.03. The highest BCUT2D eigenvalue weighted by molar-refractivity contribution is 5.28. The van der Waals surface area contributed by atoms with E-state index in [0.29, 0.717) is 0 Å². The smallest absolute Gasteiger partial charge is 0.0700 e. The van der Waals surface area contributed by atoms with Crippen LogP contribution in [-0.4, -0.2) is 12.1 Å². The van der Waals surface area contributed by atoms with Gasteiger partial charge in [-0.05, 0) is 12.8 Å². The fourth-order valence-electron chi connectivity index (χ4n) is 1.03. The molecule has 0 spiro atoms. The fraction of sp³-hybridized carbons (Fsp3) is 0.429. The first-order chi connectivity index (χ1) is 4.72. The lowest BCUT2D eigenvalue weighted by Gasteiger charge is -2.19. The van der Waals surface area contributed by atoms with Crippen LogP contribution >= 0.6 is 0 Å². The number of hydrogen-bond donors (Lipinski definition) is 2. The first-order valence-corrected chi connectivity index (χ1v) is 3.36. The minimum atomic E-state index is 0.788. The molecule has 0 saturated heterocycles. The summed E-state index contributed by atoms with van der Waals surface area (Å²) in [6.07, 6.45) is 6.12. The Morgan fingerprint density at radius 2 is 2.00 bits per heavy atom. The van der Waals surface area contributed by atoms with E-state index in [9.17, 15) is 0 Å². The average molecular weight is 139 g/mol. The van der Waals surface area contributed by atoms with Crippen molar-refractivity contribution in [2.45, 2.75) is 12.8 Å². The van der Waals surface area contributed by atoms with Gasteiger partial charge in [0.2, 0.25) is 0 Å². The van der Waals surface area contributed by atoms with Gasteiger partial charge in [-0.3, -0.25) is 0 Å². The van der Waals surface area contributed by atoms with Crippen molar-refractivity contribution in [3.05, 3.63) is 23.5 Å². The van der Waals surface area contributed by atoms with Crippen LogP contribution in [0.1, 0.15) is 12.8 Å². The van der Waals surface area contributed by atoms with Crippen LogP contribution in [0.3, 0.4) is 0 Å². The summed E-state index contributed by atoms with van der Waals surface area (Å²) in [5, 5.41) is 1.55. The molecule has 0 radical (unpaired) electrons. The van der Waals surface area contributed by atoms with E-state index < -0.39 is 0 Å². The molecular weight excluding hydrogens is 126 g/mol. The van der Waals surface area contributed by atoms with E-state index in [1.165, 1.54) is 0 Å². The maximum absolute atomic E-state index is 5.65. The number of hydrazine groups is 1. The van der Waals surface area contributed by atoms with Gasteiger partial charge in [0.15, 0.2) is 0 Å². The Hall–Kier alpha value is -0.960. The Morgan fingerprint density at radius 1 is 1.40 bits per heavy atom. The molecule has 4 N–H and O–H groups in total. The van der Waals surface area contributed by atoms with Crippen molar-refractivity contribution in [2.75, 3.05) is 7.05 Å². The van der Waals surface area contributed by atoms with Gasteiger partial charge in [0.1, 0.15) is 0 Å². The molecule has 0 aromatic heterocycles. The minimum absolute atomic E-state index is 0.788. The molecular formula is C7H13N3. The number of nitrogens with two attached hydrogens (primary N) is 2. The summed E-state index contributed by atoms with van der Waals surface area (Å²) in [4.78, 5) is 0. The SMILES string of the molecule is CN(N)C1=CCCC=C1N. The zero-order valence-corrected chi connectivity index (χ0v) is 6.17. The van der Waals surface area contributed by atoms with Crippen LogP contribution in [0.15, 0.2) is 23.5 Å². The molecule has 0 amide bonds. The maximum atomic E-state index is 5.65. The second kappa shape index (κ2) is 2.75. The van der Waals surface area contributed by atoms with Gasteiger partial charge in [-0.2, -0.15) is 0 Å². The van der Waals surface area contributed by atoms with Gasteiger partial charge >= 0.3 is 0 Å². The van der Waals surface area contributed by atoms with Crippen LogP contribution in [0.4, 0.5) is 0 Å². The number of allylic oxidation sites excluding steroid dienone is 2. The second-order valence-corrected chi connectivity index (χ2v) is 2.44. The third-order valence-electron chi connectivity index (χ3n) is 1.54.